The van der Waals surface area contributed by atoms with Crippen LogP contribution >= 0.6 is 15.9 Å². The van der Waals surface area contributed by atoms with Gasteiger partial charge in [-0.1, -0.05) is 6.92 Å². The minimum absolute atomic E-state index is 0.388. The predicted molar refractivity (Wildman–Crippen MR) is 78.2 cm³/mol. The second kappa shape index (κ2) is 5.02. The summed E-state index contributed by atoms with van der Waals surface area (Å²) in [5, 5.41) is 0. The van der Waals surface area contributed by atoms with Gasteiger partial charge in [0.25, 0.3) is 0 Å². The fourth-order valence-electron chi connectivity index (χ4n) is 3.32. The van der Waals surface area contributed by atoms with E-state index in [1.54, 1.807) is 6.20 Å². The quantitative estimate of drug-likeness (QED) is 0.795. The normalized spacial score (nSPS) is 29.9. The number of anilines is 1. The molecule has 0 unspecified atom stereocenters. The molecule has 5 heteroatoms. The molecule has 104 valence electrons. The second-order valence-corrected chi connectivity index (χ2v) is 6.66. The maximum atomic E-state index is 5.86. The average molecular weight is 326 g/mol. The van der Waals surface area contributed by atoms with Crippen molar-refractivity contribution in [3.63, 3.8) is 0 Å². The van der Waals surface area contributed by atoms with E-state index >= 15 is 0 Å². The zero-order valence-corrected chi connectivity index (χ0v) is 13.1. The molecule has 4 nitrogen and oxygen atoms in total. The smallest absolute Gasteiger partial charge is 0.147 e. The SMILES string of the molecule is C[C@@H]1OCC2(CCN(c3cnc(Br)cn3)CC2)[C@@H]1C. The van der Waals surface area contributed by atoms with Crippen LogP contribution in [0.3, 0.4) is 0 Å². The lowest BCUT2D eigenvalue weighted by molar-refractivity contribution is 0.0969. The number of nitrogens with zero attached hydrogens (tertiary/aromatic N) is 3. The number of halogens is 1. The third-order valence-corrected chi connectivity index (χ3v) is 5.40. The van der Waals surface area contributed by atoms with Crippen molar-refractivity contribution in [2.24, 2.45) is 11.3 Å². The minimum atomic E-state index is 0.388. The van der Waals surface area contributed by atoms with Crippen LogP contribution in [-0.4, -0.2) is 35.8 Å². The molecule has 1 spiro atoms. The lowest BCUT2D eigenvalue weighted by Crippen LogP contribution is -2.44. The molecule has 19 heavy (non-hydrogen) atoms. The van der Waals surface area contributed by atoms with Gasteiger partial charge in [-0.15, -0.1) is 0 Å². The summed E-state index contributed by atoms with van der Waals surface area (Å²) in [5.41, 5.74) is 0.388. The van der Waals surface area contributed by atoms with Crippen molar-refractivity contribution in [1.29, 1.82) is 0 Å². The molecular formula is C14H20BrN3O. The molecule has 3 rings (SSSR count). The molecule has 2 fully saturated rings. The van der Waals surface area contributed by atoms with Crippen LogP contribution in [0.1, 0.15) is 26.7 Å². The Labute approximate surface area is 122 Å². The summed E-state index contributed by atoms with van der Waals surface area (Å²) in [6, 6.07) is 0. The van der Waals surface area contributed by atoms with E-state index in [2.05, 4.69) is 44.6 Å². The molecule has 0 bridgehead atoms. The summed E-state index contributed by atoms with van der Waals surface area (Å²) in [4.78, 5) is 11.0. The van der Waals surface area contributed by atoms with Gasteiger partial charge in [0.1, 0.15) is 10.4 Å². The topological polar surface area (TPSA) is 38.2 Å². The first-order valence-corrected chi connectivity index (χ1v) is 7.74. The van der Waals surface area contributed by atoms with Crippen LogP contribution in [-0.2, 0) is 4.74 Å². The number of hydrogen-bond donors (Lipinski definition) is 0. The summed E-state index contributed by atoms with van der Waals surface area (Å²) in [5.74, 6) is 1.64. The molecule has 0 aromatic carbocycles. The number of hydrogen-bond acceptors (Lipinski definition) is 4. The van der Waals surface area contributed by atoms with Crippen LogP contribution in [0.2, 0.25) is 0 Å². The largest absolute Gasteiger partial charge is 0.378 e. The molecule has 1 aromatic rings. The summed E-state index contributed by atoms with van der Waals surface area (Å²) < 4.78 is 6.65. The first kappa shape index (κ1) is 13.3. The lowest BCUT2D eigenvalue weighted by Gasteiger charge is -2.41. The van der Waals surface area contributed by atoms with Gasteiger partial charge in [0.2, 0.25) is 0 Å². The van der Waals surface area contributed by atoms with Crippen LogP contribution < -0.4 is 4.90 Å². The highest BCUT2D eigenvalue weighted by atomic mass is 79.9. The molecule has 0 radical (unpaired) electrons. The summed E-state index contributed by atoms with van der Waals surface area (Å²) in [6.07, 6.45) is 6.40. The van der Waals surface area contributed by atoms with Crippen molar-refractivity contribution in [3.05, 3.63) is 17.0 Å². The van der Waals surface area contributed by atoms with Gasteiger partial charge in [0.15, 0.2) is 0 Å². The Morgan fingerprint density at radius 1 is 1.26 bits per heavy atom. The van der Waals surface area contributed by atoms with Gasteiger partial charge >= 0.3 is 0 Å². The molecule has 2 saturated heterocycles. The Kier molecular flexibility index (Phi) is 3.52. The van der Waals surface area contributed by atoms with E-state index in [-0.39, 0.29) is 0 Å². The van der Waals surface area contributed by atoms with Gasteiger partial charge in [-0.2, -0.15) is 0 Å². The number of ether oxygens (including phenoxy) is 1. The summed E-state index contributed by atoms with van der Waals surface area (Å²) >= 11 is 3.32. The Balaban J connectivity index is 1.68. The Morgan fingerprint density at radius 2 is 2.00 bits per heavy atom. The molecule has 2 atom stereocenters. The number of rotatable bonds is 1. The monoisotopic (exact) mass is 325 g/mol. The minimum Gasteiger partial charge on any atom is -0.378 e. The van der Waals surface area contributed by atoms with Gasteiger partial charge < -0.3 is 9.64 Å². The van der Waals surface area contributed by atoms with Crippen molar-refractivity contribution < 1.29 is 4.74 Å². The van der Waals surface area contributed by atoms with Crippen LogP contribution in [0.5, 0.6) is 0 Å². The van der Waals surface area contributed by atoms with E-state index in [0.717, 1.165) is 30.1 Å². The zero-order chi connectivity index (χ0) is 13.5. The molecule has 0 aliphatic carbocycles. The molecule has 0 N–H and O–H groups in total. The molecule has 2 aliphatic rings. The second-order valence-electron chi connectivity index (χ2n) is 5.85. The van der Waals surface area contributed by atoms with E-state index < -0.39 is 0 Å². The highest BCUT2D eigenvalue weighted by molar-refractivity contribution is 9.10. The van der Waals surface area contributed by atoms with Crippen LogP contribution in [0.25, 0.3) is 0 Å². The van der Waals surface area contributed by atoms with E-state index in [4.69, 9.17) is 4.74 Å². The third-order valence-electron chi connectivity index (χ3n) is 4.99. The van der Waals surface area contributed by atoms with Gasteiger partial charge in [-0.05, 0) is 41.6 Å². The van der Waals surface area contributed by atoms with Gasteiger partial charge in [0.05, 0.1) is 25.1 Å². The lowest BCUT2D eigenvalue weighted by atomic mass is 9.70. The Bertz CT molecular complexity index is 443. The van der Waals surface area contributed by atoms with Gasteiger partial charge in [-0.25, -0.2) is 9.97 Å². The van der Waals surface area contributed by atoms with Crippen molar-refractivity contribution in [3.8, 4) is 0 Å². The predicted octanol–water partition coefficient (Wildman–Crippen LogP) is 2.88. The van der Waals surface area contributed by atoms with Gasteiger partial charge in [0, 0.05) is 18.5 Å². The average Bonchev–Trinajstić information content (AvgIpc) is 2.70. The highest BCUT2D eigenvalue weighted by Crippen LogP contribution is 2.46. The fraction of sp³-hybridized carbons (Fsp3) is 0.714. The number of aromatic nitrogens is 2. The van der Waals surface area contributed by atoms with Crippen molar-refractivity contribution in [2.75, 3.05) is 24.6 Å². The van der Waals surface area contributed by atoms with Crippen molar-refractivity contribution >= 4 is 21.7 Å². The van der Waals surface area contributed by atoms with Crippen molar-refractivity contribution in [2.45, 2.75) is 32.8 Å². The van der Waals surface area contributed by atoms with Gasteiger partial charge in [-0.3, -0.25) is 0 Å². The molecule has 2 aliphatic heterocycles. The Morgan fingerprint density at radius 3 is 2.53 bits per heavy atom. The molecule has 0 amide bonds. The van der Waals surface area contributed by atoms with E-state index in [1.165, 1.54) is 12.8 Å². The summed E-state index contributed by atoms with van der Waals surface area (Å²) in [6.45, 7) is 7.57. The molecule has 1 aromatic heterocycles. The summed E-state index contributed by atoms with van der Waals surface area (Å²) in [7, 11) is 0. The standard InChI is InChI=1S/C14H20BrN3O/c1-10-11(2)19-9-14(10)3-5-18(6-4-14)13-8-16-12(15)7-17-13/h7-8,10-11H,3-6,9H2,1-2H3/t10-,11+/m1/s1. The van der Waals surface area contributed by atoms with Crippen LogP contribution in [0.15, 0.2) is 17.0 Å². The van der Waals surface area contributed by atoms with E-state index in [9.17, 15) is 0 Å². The Hall–Kier alpha value is -0.680. The van der Waals surface area contributed by atoms with E-state index in [0.29, 0.717) is 17.4 Å². The van der Waals surface area contributed by atoms with E-state index in [1.807, 2.05) is 6.20 Å². The maximum absolute atomic E-state index is 5.86. The molecular weight excluding hydrogens is 306 g/mol. The van der Waals surface area contributed by atoms with Crippen molar-refractivity contribution in [1.82, 2.24) is 9.97 Å². The third kappa shape index (κ3) is 2.38. The van der Waals surface area contributed by atoms with Crippen LogP contribution in [0, 0.1) is 11.3 Å². The maximum Gasteiger partial charge on any atom is 0.147 e. The fourth-order valence-corrected chi connectivity index (χ4v) is 3.53. The zero-order valence-electron chi connectivity index (χ0n) is 11.5. The number of piperidine rings is 1. The first-order chi connectivity index (χ1) is 9.11. The molecule has 0 saturated carbocycles. The highest BCUT2D eigenvalue weighted by Gasteiger charge is 2.46. The van der Waals surface area contributed by atoms with Crippen LogP contribution in [0.4, 0.5) is 5.82 Å². The molecule has 3 heterocycles. The first-order valence-electron chi connectivity index (χ1n) is 6.95.